The molecule has 49 heavy (non-hydrogen) atoms. The first-order valence-corrected chi connectivity index (χ1v) is 16.0. The molecule has 2 fully saturated rings. The fraction of sp³-hybridized carbons (Fsp3) is 0.382. The number of piperidine rings is 1. The quantitative estimate of drug-likeness (QED) is 0.205. The van der Waals surface area contributed by atoms with Crippen LogP contribution >= 0.6 is 0 Å². The first-order chi connectivity index (χ1) is 23.6. The molecule has 11 nitrogen and oxygen atoms in total. The number of halogens is 4. The van der Waals surface area contributed by atoms with E-state index in [1.165, 1.54) is 18.3 Å². The number of hydrogen-bond acceptors (Lipinski definition) is 9. The van der Waals surface area contributed by atoms with Gasteiger partial charge in [-0.05, 0) is 68.6 Å². The van der Waals surface area contributed by atoms with Crippen molar-refractivity contribution in [3.8, 4) is 29.0 Å². The Morgan fingerprint density at radius 1 is 1.08 bits per heavy atom. The lowest BCUT2D eigenvalue weighted by Crippen LogP contribution is -2.35. The lowest BCUT2D eigenvalue weighted by atomic mass is 9.88. The molecule has 2 aromatic carbocycles. The highest BCUT2D eigenvalue weighted by Gasteiger charge is 2.43. The SMILES string of the molecule is CC1(c2ccc(C#N)cc2F)Oc2cccc(C3CCN(Cc4nc5cc(-c6nnc(C(F)(F)F)[nH]6)cnc5n4CC4CCO4)CC3)c2O1. The van der Waals surface area contributed by atoms with E-state index < -0.39 is 23.6 Å². The molecular formula is C34H30F4N8O3. The van der Waals surface area contributed by atoms with Gasteiger partial charge < -0.3 is 23.8 Å². The lowest BCUT2D eigenvalue weighted by molar-refractivity contribution is -0.144. The second-order valence-corrected chi connectivity index (χ2v) is 12.7. The first kappa shape index (κ1) is 31.2. The molecule has 0 spiro atoms. The van der Waals surface area contributed by atoms with Gasteiger partial charge in [-0.15, -0.1) is 10.2 Å². The van der Waals surface area contributed by atoms with Gasteiger partial charge >= 0.3 is 6.18 Å². The van der Waals surface area contributed by atoms with Gasteiger partial charge in [-0.25, -0.2) is 14.4 Å². The molecule has 0 saturated carbocycles. The van der Waals surface area contributed by atoms with Crippen LogP contribution < -0.4 is 9.47 Å². The zero-order chi connectivity index (χ0) is 33.9. The van der Waals surface area contributed by atoms with Crippen molar-refractivity contribution in [1.82, 2.24) is 34.6 Å². The molecule has 0 bridgehead atoms. The van der Waals surface area contributed by atoms with Crippen molar-refractivity contribution in [1.29, 1.82) is 5.26 Å². The number of nitrogens with one attached hydrogen (secondary N) is 1. The Morgan fingerprint density at radius 2 is 1.90 bits per heavy atom. The van der Waals surface area contributed by atoms with Crippen LogP contribution in [0.1, 0.15) is 60.4 Å². The van der Waals surface area contributed by atoms with E-state index in [0.29, 0.717) is 47.9 Å². The molecular weight excluding hydrogens is 644 g/mol. The minimum Gasteiger partial charge on any atom is -0.444 e. The Morgan fingerprint density at radius 3 is 2.59 bits per heavy atom. The Labute approximate surface area is 277 Å². The summed E-state index contributed by atoms with van der Waals surface area (Å²) in [5.41, 5.74) is 2.96. The summed E-state index contributed by atoms with van der Waals surface area (Å²) in [4.78, 5) is 14.0. The van der Waals surface area contributed by atoms with Crippen molar-refractivity contribution in [2.75, 3.05) is 19.7 Å². The molecule has 3 aliphatic heterocycles. The molecule has 5 aromatic rings. The van der Waals surface area contributed by atoms with E-state index in [0.717, 1.165) is 43.7 Å². The van der Waals surface area contributed by atoms with Gasteiger partial charge in [0.15, 0.2) is 23.0 Å². The maximum absolute atomic E-state index is 15.0. The molecule has 1 N–H and O–H groups in total. The number of imidazole rings is 1. The summed E-state index contributed by atoms with van der Waals surface area (Å²) < 4.78 is 74.6. The van der Waals surface area contributed by atoms with Gasteiger partial charge in [0.1, 0.15) is 17.2 Å². The summed E-state index contributed by atoms with van der Waals surface area (Å²) in [7, 11) is 0. The standard InChI is InChI=1S/C34H30F4N8O3/c1-33(24-6-5-19(15-39)13-25(24)35)48-27-4-2-3-23(29(27)49-33)20-7-10-45(11-8-20)18-28-41-26-14-21(30-42-32(44-43-30)34(36,37)38)16-40-31(26)46(28)17-22-9-12-47-22/h2-6,13-14,16,20,22H,7-12,17-18H2,1H3,(H,42,43,44). The molecule has 6 heterocycles. The van der Waals surface area contributed by atoms with Crippen LogP contribution in [0.2, 0.25) is 0 Å². The third-order valence-electron chi connectivity index (χ3n) is 9.46. The van der Waals surface area contributed by atoms with E-state index in [-0.39, 0.29) is 29.0 Å². The number of hydrogen-bond donors (Lipinski definition) is 1. The Balaban J connectivity index is 0.996. The molecule has 2 saturated heterocycles. The Kier molecular flexibility index (Phi) is 7.53. The van der Waals surface area contributed by atoms with Crippen LogP contribution in [0.15, 0.2) is 48.7 Å². The summed E-state index contributed by atoms with van der Waals surface area (Å²) in [6, 6.07) is 13.6. The van der Waals surface area contributed by atoms with E-state index >= 15 is 0 Å². The predicted octanol–water partition coefficient (Wildman–Crippen LogP) is 6.06. The number of aromatic nitrogens is 6. The van der Waals surface area contributed by atoms with E-state index in [1.54, 1.807) is 19.1 Å². The van der Waals surface area contributed by atoms with Gasteiger partial charge in [0, 0.05) is 30.9 Å². The smallest absolute Gasteiger partial charge is 0.444 e. The van der Waals surface area contributed by atoms with Crippen LogP contribution in [0, 0.1) is 17.1 Å². The Bertz CT molecular complexity index is 2100. The average Bonchev–Trinajstić information content (AvgIpc) is 3.78. The molecule has 2 unspecified atom stereocenters. The number of alkyl halides is 3. The van der Waals surface area contributed by atoms with E-state index in [2.05, 4.69) is 25.1 Å². The molecule has 3 aliphatic rings. The van der Waals surface area contributed by atoms with E-state index in [9.17, 15) is 17.6 Å². The highest BCUT2D eigenvalue weighted by Crippen LogP contribution is 2.49. The lowest BCUT2D eigenvalue weighted by Gasteiger charge is -2.33. The van der Waals surface area contributed by atoms with Gasteiger partial charge in [0.2, 0.25) is 5.82 Å². The van der Waals surface area contributed by atoms with Crippen LogP contribution in [0.5, 0.6) is 11.5 Å². The normalized spacial score (nSPS) is 21.2. The number of pyridine rings is 1. The van der Waals surface area contributed by atoms with Crippen molar-refractivity contribution >= 4 is 11.2 Å². The van der Waals surface area contributed by atoms with Crippen molar-refractivity contribution in [2.24, 2.45) is 0 Å². The van der Waals surface area contributed by atoms with Crippen molar-refractivity contribution in [3.05, 3.63) is 82.8 Å². The second kappa shape index (κ2) is 11.8. The zero-order valence-electron chi connectivity index (χ0n) is 26.3. The maximum Gasteiger partial charge on any atom is 0.451 e. The second-order valence-electron chi connectivity index (χ2n) is 12.7. The van der Waals surface area contributed by atoms with Crippen LogP contribution in [0.3, 0.4) is 0 Å². The van der Waals surface area contributed by atoms with Crippen molar-refractivity contribution < 1.29 is 31.8 Å². The highest BCUT2D eigenvalue weighted by molar-refractivity contribution is 5.77. The number of aromatic amines is 1. The summed E-state index contributed by atoms with van der Waals surface area (Å²) in [5.74, 6) is -1.03. The van der Waals surface area contributed by atoms with Gasteiger partial charge in [0.05, 0.1) is 36.4 Å². The number of ether oxygens (including phenoxy) is 3. The van der Waals surface area contributed by atoms with Crippen molar-refractivity contribution in [2.45, 2.75) is 63.3 Å². The summed E-state index contributed by atoms with van der Waals surface area (Å²) in [6.45, 7) is 5.04. The number of likely N-dealkylation sites (tertiary alicyclic amines) is 1. The fourth-order valence-electron chi connectivity index (χ4n) is 6.79. The van der Waals surface area contributed by atoms with Crippen LogP contribution in [-0.4, -0.2) is 60.4 Å². The number of para-hydroxylation sites is 1. The van der Waals surface area contributed by atoms with Crippen LogP contribution in [0.4, 0.5) is 17.6 Å². The fourth-order valence-corrected chi connectivity index (χ4v) is 6.79. The molecule has 8 rings (SSSR count). The van der Waals surface area contributed by atoms with Gasteiger partial charge in [-0.1, -0.05) is 12.1 Å². The summed E-state index contributed by atoms with van der Waals surface area (Å²) >= 11 is 0. The minimum absolute atomic E-state index is 0.0358. The third-order valence-corrected chi connectivity index (χ3v) is 9.46. The van der Waals surface area contributed by atoms with Crippen LogP contribution in [0.25, 0.3) is 22.6 Å². The molecule has 15 heteroatoms. The number of rotatable bonds is 7. The summed E-state index contributed by atoms with van der Waals surface area (Å²) in [6.07, 6.45) is -0.528. The number of fused-ring (bicyclic) bond motifs is 2. The maximum atomic E-state index is 15.0. The van der Waals surface area contributed by atoms with Crippen LogP contribution in [-0.2, 0) is 29.8 Å². The van der Waals surface area contributed by atoms with E-state index in [4.69, 9.17) is 24.5 Å². The first-order valence-electron chi connectivity index (χ1n) is 16.0. The molecule has 0 amide bonds. The predicted molar refractivity (Wildman–Crippen MR) is 166 cm³/mol. The number of benzene rings is 2. The topological polar surface area (TPSA) is 127 Å². The van der Waals surface area contributed by atoms with Crippen molar-refractivity contribution in [3.63, 3.8) is 0 Å². The molecule has 0 radical (unpaired) electrons. The van der Waals surface area contributed by atoms with Gasteiger partial charge in [-0.2, -0.15) is 18.4 Å². The molecule has 252 valence electrons. The monoisotopic (exact) mass is 674 g/mol. The highest BCUT2D eigenvalue weighted by atomic mass is 19.4. The van der Waals surface area contributed by atoms with Gasteiger partial charge in [-0.3, -0.25) is 4.90 Å². The molecule has 3 aromatic heterocycles. The zero-order valence-corrected chi connectivity index (χ0v) is 26.3. The molecule has 2 atom stereocenters. The number of nitrogens with zero attached hydrogens (tertiary/aromatic N) is 7. The number of nitriles is 1. The number of H-pyrrole nitrogens is 1. The van der Waals surface area contributed by atoms with E-state index in [1.807, 2.05) is 28.8 Å². The summed E-state index contributed by atoms with van der Waals surface area (Å²) in [5, 5.41) is 16.0. The third kappa shape index (κ3) is 5.74. The largest absolute Gasteiger partial charge is 0.451 e. The molecule has 0 aliphatic carbocycles. The average molecular weight is 675 g/mol. The van der Waals surface area contributed by atoms with Gasteiger partial charge in [0.25, 0.3) is 5.79 Å². The minimum atomic E-state index is -4.64. The Hall–Kier alpha value is -5.07.